The fraction of sp³-hybridized carbons (Fsp3) is 0.500. The zero-order chi connectivity index (χ0) is 9.61. The van der Waals surface area contributed by atoms with Crippen molar-refractivity contribution in [1.82, 2.24) is 0 Å². The first-order valence-electron chi connectivity index (χ1n) is 4.13. The second kappa shape index (κ2) is 4.88. The molecule has 0 spiro atoms. The van der Waals surface area contributed by atoms with Crippen LogP contribution in [0.5, 0.6) is 0 Å². The van der Waals surface area contributed by atoms with E-state index in [-0.39, 0.29) is 0 Å². The lowest BCUT2D eigenvalue weighted by Gasteiger charge is -2.19. The van der Waals surface area contributed by atoms with E-state index in [1.54, 1.807) is 6.21 Å². The number of allylic oxidation sites excluding steroid dienone is 1. The molecule has 0 radical (unpaired) electrons. The first kappa shape index (κ1) is 11.1. The maximum Gasteiger partial charge on any atom is 0.0524 e. The van der Waals surface area contributed by atoms with Crippen LogP contribution in [0.25, 0.3) is 0 Å². The molecule has 1 atom stereocenters. The molecule has 0 aromatic heterocycles. The summed E-state index contributed by atoms with van der Waals surface area (Å²) >= 11 is 0. The Balaban J connectivity index is 4.14. The van der Waals surface area contributed by atoms with Gasteiger partial charge in [0.2, 0.25) is 0 Å². The summed E-state index contributed by atoms with van der Waals surface area (Å²) in [6.07, 6.45) is 5.51. The van der Waals surface area contributed by atoms with Gasteiger partial charge in [-0.25, -0.2) is 0 Å². The van der Waals surface area contributed by atoms with Crippen LogP contribution in [0.3, 0.4) is 0 Å². The Morgan fingerprint density at radius 3 is 2.67 bits per heavy atom. The fourth-order valence-corrected chi connectivity index (χ4v) is 0.551. The molecule has 0 saturated heterocycles. The quantitative estimate of drug-likeness (QED) is 0.503. The van der Waals surface area contributed by atoms with Crippen molar-refractivity contribution in [2.45, 2.75) is 26.3 Å². The van der Waals surface area contributed by atoms with E-state index in [4.69, 9.17) is 5.73 Å². The number of nitrogens with zero attached hydrogens (tertiary/aromatic N) is 1. The van der Waals surface area contributed by atoms with E-state index >= 15 is 0 Å². The Bertz CT molecular complexity index is 200. The van der Waals surface area contributed by atoms with Gasteiger partial charge in [0, 0.05) is 12.8 Å². The highest BCUT2D eigenvalue weighted by Crippen LogP contribution is 2.11. The van der Waals surface area contributed by atoms with E-state index in [0.717, 1.165) is 12.1 Å². The van der Waals surface area contributed by atoms with Crippen molar-refractivity contribution in [2.75, 3.05) is 6.54 Å². The predicted molar refractivity (Wildman–Crippen MR) is 55.6 cm³/mol. The number of hydrogen-bond donors (Lipinski definition) is 1. The standard InChI is InChI=1S/C10H18N2/c1-5-12-8-6-7-10(4,11)9(2)3/h6-8H,2,5,11H2,1,3-4H3/b7-6-,12-8?. The first-order chi connectivity index (χ1) is 5.50. The van der Waals surface area contributed by atoms with Gasteiger partial charge in [-0.1, -0.05) is 18.2 Å². The van der Waals surface area contributed by atoms with Gasteiger partial charge in [0.05, 0.1) is 5.54 Å². The molecule has 0 aliphatic heterocycles. The van der Waals surface area contributed by atoms with E-state index in [1.807, 2.05) is 32.9 Å². The van der Waals surface area contributed by atoms with Gasteiger partial charge in [0.15, 0.2) is 0 Å². The van der Waals surface area contributed by atoms with Crippen LogP contribution in [0.1, 0.15) is 20.8 Å². The number of nitrogens with two attached hydrogens (primary N) is 1. The van der Waals surface area contributed by atoms with Crippen molar-refractivity contribution in [3.63, 3.8) is 0 Å². The van der Waals surface area contributed by atoms with Gasteiger partial charge in [-0.15, -0.1) is 0 Å². The molecule has 0 fully saturated rings. The van der Waals surface area contributed by atoms with Crippen LogP contribution in [0.4, 0.5) is 0 Å². The third kappa shape index (κ3) is 4.09. The Labute approximate surface area is 74.9 Å². The van der Waals surface area contributed by atoms with E-state index in [9.17, 15) is 0 Å². The summed E-state index contributed by atoms with van der Waals surface area (Å²) < 4.78 is 0. The van der Waals surface area contributed by atoms with Gasteiger partial charge < -0.3 is 5.73 Å². The average Bonchev–Trinajstić information content (AvgIpc) is 1.98. The molecule has 1 unspecified atom stereocenters. The molecule has 0 aliphatic rings. The highest BCUT2D eigenvalue weighted by molar-refractivity contribution is 5.71. The van der Waals surface area contributed by atoms with Gasteiger partial charge in [-0.3, -0.25) is 4.99 Å². The fourth-order valence-electron chi connectivity index (χ4n) is 0.551. The molecular weight excluding hydrogens is 148 g/mol. The molecule has 0 amide bonds. The molecule has 0 aromatic rings. The van der Waals surface area contributed by atoms with Crippen molar-refractivity contribution >= 4 is 6.21 Å². The lowest BCUT2D eigenvalue weighted by atomic mass is 9.95. The Morgan fingerprint density at radius 1 is 1.67 bits per heavy atom. The lowest BCUT2D eigenvalue weighted by molar-refractivity contribution is 0.689. The first-order valence-corrected chi connectivity index (χ1v) is 4.13. The molecule has 2 heteroatoms. The van der Waals surface area contributed by atoms with Crippen LogP contribution in [0.15, 0.2) is 29.3 Å². The molecule has 0 rings (SSSR count). The third-order valence-corrected chi connectivity index (χ3v) is 1.74. The summed E-state index contributed by atoms with van der Waals surface area (Å²) in [4.78, 5) is 4.04. The van der Waals surface area contributed by atoms with E-state index < -0.39 is 5.54 Å². The van der Waals surface area contributed by atoms with Gasteiger partial charge in [0.1, 0.15) is 0 Å². The summed E-state index contributed by atoms with van der Waals surface area (Å²) in [6.45, 7) is 10.4. The molecule has 0 heterocycles. The van der Waals surface area contributed by atoms with Crippen molar-refractivity contribution in [2.24, 2.45) is 10.7 Å². The normalized spacial score (nSPS) is 17.0. The van der Waals surface area contributed by atoms with Crippen LogP contribution in [0, 0.1) is 0 Å². The molecule has 0 aliphatic carbocycles. The minimum absolute atomic E-state index is 0.417. The van der Waals surface area contributed by atoms with Crippen LogP contribution < -0.4 is 5.73 Å². The van der Waals surface area contributed by atoms with Crippen molar-refractivity contribution in [1.29, 1.82) is 0 Å². The third-order valence-electron chi connectivity index (χ3n) is 1.74. The van der Waals surface area contributed by atoms with E-state index in [0.29, 0.717) is 0 Å². The second-order valence-electron chi connectivity index (χ2n) is 3.07. The summed E-state index contributed by atoms with van der Waals surface area (Å²) in [5.74, 6) is 0. The summed E-state index contributed by atoms with van der Waals surface area (Å²) in [5, 5.41) is 0. The summed E-state index contributed by atoms with van der Waals surface area (Å²) in [7, 11) is 0. The van der Waals surface area contributed by atoms with Crippen LogP contribution >= 0.6 is 0 Å². The topological polar surface area (TPSA) is 38.4 Å². The highest BCUT2D eigenvalue weighted by Gasteiger charge is 2.13. The minimum Gasteiger partial charge on any atom is -0.319 e. The van der Waals surface area contributed by atoms with Gasteiger partial charge in [-0.2, -0.15) is 0 Å². The summed E-state index contributed by atoms with van der Waals surface area (Å²) in [5.41, 5.74) is 6.42. The zero-order valence-corrected chi connectivity index (χ0v) is 8.17. The highest BCUT2D eigenvalue weighted by atomic mass is 14.7. The molecular formula is C10H18N2. The Hall–Kier alpha value is -0.890. The molecule has 0 bridgehead atoms. The maximum atomic E-state index is 5.89. The largest absolute Gasteiger partial charge is 0.319 e. The van der Waals surface area contributed by atoms with Crippen LogP contribution in [-0.4, -0.2) is 18.3 Å². The second-order valence-corrected chi connectivity index (χ2v) is 3.07. The molecule has 0 aromatic carbocycles. The monoisotopic (exact) mass is 166 g/mol. The van der Waals surface area contributed by atoms with Gasteiger partial charge in [-0.05, 0) is 26.8 Å². The smallest absolute Gasteiger partial charge is 0.0524 e. The molecule has 2 N–H and O–H groups in total. The number of aliphatic imine (C=N–C) groups is 1. The Morgan fingerprint density at radius 2 is 2.25 bits per heavy atom. The van der Waals surface area contributed by atoms with Gasteiger partial charge in [0.25, 0.3) is 0 Å². The average molecular weight is 166 g/mol. The Kier molecular flexibility index (Phi) is 4.52. The molecule has 68 valence electrons. The van der Waals surface area contributed by atoms with Gasteiger partial charge >= 0.3 is 0 Å². The van der Waals surface area contributed by atoms with Crippen molar-refractivity contribution in [3.05, 3.63) is 24.3 Å². The van der Waals surface area contributed by atoms with Crippen LogP contribution in [0.2, 0.25) is 0 Å². The molecule has 2 nitrogen and oxygen atoms in total. The van der Waals surface area contributed by atoms with Crippen molar-refractivity contribution in [3.8, 4) is 0 Å². The number of rotatable bonds is 4. The molecule has 0 saturated carbocycles. The lowest BCUT2D eigenvalue weighted by Crippen LogP contribution is -2.34. The molecule has 12 heavy (non-hydrogen) atoms. The number of hydrogen-bond acceptors (Lipinski definition) is 2. The zero-order valence-electron chi connectivity index (χ0n) is 8.17. The van der Waals surface area contributed by atoms with E-state index in [1.165, 1.54) is 0 Å². The van der Waals surface area contributed by atoms with E-state index in [2.05, 4.69) is 11.6 Å². The predicted octanol–water partition coefficient (Wildman–Crippen LogP) is 1.93. The summed E-state index contributed by atoms with van der Waals surface area (Å²) in [6, 6.07) is 0. The maximum absolute atomic E-state index is 5.89. The van der Waals surface area contributed by atoms with Crippen LogP contribution in [-0.2, 0) is 0 Å². The van der Waals surface area contributed by atoms with Crippen molar-refractivity contribution < 1.29 is 0 Å². The SMILES string of the molecule is C=C(C)C(C)(N)/C=C\C=NCC. The minimum atomic E-state index is -0.417.